The number of ether oxygens (including phenoxy) is 1. The topological polar surface area (TPSA) is 32.8 Å². The molecule has 0 aliphatic carbocycles. The average molecular weight is 242 g/mol. The summed E-state index contributed by atoms with van der Waals surface area (Å²) in [5.74, 6) is 0.759. The van der Waals surface area contributed by atoms with Crippen LogP contribution in [0.15, 0.2) is 0 Å². The van der Waals surface area contributed by atoms with E-state index >= 15 is 0 Å². The van der Waals surface area contributed by atoms with Gasteiger partial charge in [0, 0.05) is 26.2 Å². The van der Waals surface area contributed by atoms with E-state index in [-0.39, 0.29) is 5.91 Å². The second-order valence-electron chi connectivity index (χ2n) is 5.05. The molecule has 0 N–H and O–H groups in total. The van der Waals surface area contributed by atoms with Crippen molar-refractivity contribution in [2.45, 2.75) is 32.7 Å². The number of hydrogen-bond donors (Lipinski definition) is 0. The number of amides is 1. The van der Waals surface area contributed by atoms with Gasteiger partial charge in [-0.05, 0) is 32.9 Å². The van der Waals surface area contributed by atoms with Crippen molar-refractivity contribution in [3.05, 3.63) is 0 Å². The number of carbonyl (C=O) groups is 1. The summed E-state index contributed by atoms with van der Waals surface area (Å²) in [6.45, 7) is 7.56. The van der Waals surface area contributed by atoms with Gasteiger partial charge in [0.15, 0.2) is 0 Å². The molecule has 1 aliphatic heterocycles. The van der Waals surface area contributed by atoms with Crippen molar-refractivity contribution >= 4 is 5.91 Å². The zero-order valence-corrected chi connectivity index (χ0v) is 11.6. The summed E-state index contributed by atoms with van der Waals surface area (Å²) in [6, 6.07) is 0.389. The van der Waals surface area contributed by atoms with Gasteiger partial charge in [0.2, 0.25) is 5.91 Å². The lowest BCUT2D eigenvalue weighted by Crippen LogP contribution is -2.49. The third-order valence-electron chi connectivity index (χ3n) is 3.62. The first-order chi connectivity index (χ1) is 8.06. The summed E-state index contributed by atoms with van der Waals surface area (Å²) in [5.41, 5.74) is 0. The molecule has 4 heteroatoms. The largest absolute Gasteiger partial charge is 0.381 e. The quantitative estimate of drug-likeness (QED) is 0.679. The Bertz CT molecular complexity index is 246. The molecule has 1 saturated heterocycles. The van der Waals surface area contributed by atoms with Crippen molar-refractivity contribution in [1.82, 2.24) is 9.80 Å². The van der Waals surface area contributed by atoms with Crippen molar-refractivity contribution < 1.29 is 9.53 Å². The Hall–Kier alpha value is -0.610. The van der Waals surface area contributed by atoms with Gasteiger partial charge >= 0.3 is 0 Å². The first-order valence-electron chi connectivity index (χ1n) is 6.58. The van der Waals surface area contributed by atoms with Gasteiger partial charge in [0.05, 0.1) is 13.0 Å². The van der Waals surface area contributed by atoms with Crippen molar-refractivity contribution in [3.63, 3.8) is 0 Å². The lowest BCUT2D eigenvalue weighted by atomic mass is 9.93. The predicted octanol–water partition coefficient (Wildman–Crippen LogP) is 1.21. The summed E-state index contributed by atoms with van der Waals surface area (Å²) in [6.07, 6.45) is 1.58. The zero-order chi connectivity index (χ0) is 12.8. The van der Waals surface area contributed by atoms with Gasteiger partial charge in [-0.15, -0.1) is 0 Å². The number of nitrogens with zero attached hydrogens (tertiary/aromatic N) is 2. The highest BCUT2D eigenvalue weighted by atomic mass is 16.5. The van der Waals surface area contributed by atoms with Gasteiger partial charge in [0.1, 0.15) is 0 Å². The van der Waals surface area contributed by atoms with E-state index in [1.165, 1.54) is 0 Å². The van der Waals surface area contributed by atoms with Crippen molar-refractivity contribution in [2.75, 3.05) is 40.4 Å². The van der Waals surface area contributed by atoms with Crippen molar-refractivity contribution in [1.29, 1.82) is 0 Å². The third-order valence-corrected chi connectivity index (χ3v) is 3.62. The molecule has 1 heterocycles. The summed E-state index contributed by atoms with van der Waals surface area (Å²) < 4.78 is 5.23. The van der Waals surface area contributed by atoms with Crippen LogP contribution < -0.4 is 0 Å². The van der Waals surface area contributed by atoms with Crippen LogP contribution in [0.1, 0.15) is 26.7 Å². The molecule has 0 aromatic carbocycles. The Labute approximate surface area is 105 Å². The Morgan fingerprint density at radius 3 is 2.82 bits per heavy atom. The molecular formula is C13H26N2O2. The SMILES string of the molecule is CCOCCC(=O)N(C)C1CCN(C)CC1C. The molecule has 1 fully saturated rings. The Balaban J connectivity index is 2.40. The van der Waals surface area contributed by atoms with E-state index in [1.54, 1.807) is 0 Å². The molecule has 0 saturated carbocycles. The average Bonchev–Trinajstić information content (AvgIpc) is 2.28. The minimum Gasteiger partial charge on any atom is -0.381 e. The van der Waals surface area contributed by atoms with Crippen LogP contribution in [-0.2, 0) is 9.53 Å². The van der Waals surface area contributed by atoms with Crippen LogP contribution >= 0.6 is 0 Å². The highest BCUT2D eigenvalue weighted by Gasteiger charge is 2.29. The fourth-order valence-electron chi connectivity index (χ4n) is 2.58. The van der Waals surface area contributed by atoms with E-state index in [9.17, 15) is 4.79 Å². The van der Waals surface area contributed by atoms with E-state index in [0.29, 0.717) is 31.6 Å². The molecule has 17 heavy (non-hydrogen) atoms. The maximum atomic E-state index is 12.0. The highest BCUT2D eigenvalue weighted by molar-refractivity contribution is 5.76. The van der Waals surface area contributed by atoms with Gasteiger partial charge < -0.3 is 14.5 Å². The van der Waals surface area contributed by atoms with Crippen LogP contribution in [0.25, 0.3) is 0 Å². The molecule has 0 radical (unpaired) electrons. The monoisotopic (exact) mass is 242 g/mol. The molecule has 1 amide bonds. The van der Waals surface area contributed by atoms with Crippen LogP contribution in [0.2, 0.25) is 0 Å². The van der Waals surface area contributed by atoms with Gasteiger partial charge in [-0.1, -0.05) is 6.92 Å². The standard InChI is InChI=1S/C13H26N2O2/c1-5-17-9-7-13(16)15(4)12-6-8-14(3)10-11(12)2/h11-12H,5-10H2,1-4H3. The first kappa shape index (κ1) is 14.5. The summed E-state index contributed by atoms with van der Waals surface area (Å²) in [7, 11) is 4.07. The summed E-state index contributed by atoms with van der Waals surface area (Å²) in [5, 5.41) is 0. The molecule has 1 rings (SSSR count). The van der Waals surface area contributed by atoms with Crippen molar-refractivity contribution in [2.24, 2.45) is 5.92 Å². The predicted molar refractivity (Wildman–Crippen MR) is 68.9 cm³/mol. The molecular weight excluding hydrogens is 216 g/mol. The second-order valence-corrected chi connectivity index (χ2v) is 5.05. The fourth-order valence-corrected chi connectivity index (χ4v) is 2.58. The summed E-state index contributed by atoms with van der Waals surface area (Å²) >= 11 is 0. The van der Waals surface area contributed by atoms with Crippen LogP contribution in [0.4, 0.5) is 0 Å². The highest BCUT2D eigenvalue weighted by Crippen LogP contribution is 2.20. The lowest BCUT2D eigenvalue weighted by molar-refractivity contribution is -0.135. The molecule has 0 aromatic heterocycles. The molecule has 100 valence electrons. The molecule has 2 atom stereocenters. The number of rotatable bonds is 5. The Morgan fingerprint density at radius 2 is 2.24 bits per heavy atom. The van der Waals surface area contributed by atoms with Crippen LogP contribution in [0, 0.1) is 5.92 Å². The van der Waals surface area contributed by atoms with Crippen LogP contribution in [-0.4, -0.2) is 62.1 Å². The van der Waals surface area contributed by atoms with E-state index in [4.69, 9.17) is 4.74 Å². The van der Waals surface area contributed by atoms with Gasteiger partial charge in [-0.3, -0.25) is 4.79 Å². The zero-order valence-electron chi connectivity index (χ0n) is 11.6. The maximum Gasteiger partial charge on any atom is 0.224 e. The minimum atomic E-state index is 0.208. The minimum absolute atomic E-state index is 0.208. The third kappa shape index (κ3) is 4.28. The molecule has 1 aliphatic rings. The molecule has 0 aromatic rings. The molecule has 0 spiro atoms. The Morgan fingerprint density at radius 1 is 1.53 bits per heavy atom. The number of carbonyl (C=O) groups excluding carboxylic acids is 1. The van der Waals surface area contributed by atoms with E-state index in [0.717, 1.165) is 19.5 Å². The fraction of sp³-hybridized carbons (Fsp3) is 0.923. The Kier molecular flexibility index (Phi) is 5.92. The first-order valence-corrected chi connectivity index (χ1v) is 6.58. The van der Waals surface area contributed by atoms with E-state index in [1.807, 2.05) is 18.9 Å². The number of hydrogen-bond acceptors (Lipinski definition) is 3. The van der Waals surface area contributed by atoms with E-state index in [2.05, 4.69) is 18.9 Å². The maximum absolute atomic E-state index is 12.0. The van der Waals surface area contributed by atoms with Gasteiger partial charge in [0.25, 0.3) is 0 Å². The van der Waals surface area contributed by atoms with Crippen LogP contribution in [0.3, 0.4) is 0 Å². The normalized spacial score (nSPS) is 25.9. The van der Waals surface area contributed by atoms with Gasteiger partial charge in [-0.25, -0.2) is 0 Å². The second kappa shape index (κ2) is 6.97. The van der Waals surface area contributed by atoms with Gasteiger partial charge in [-0.2, -0.15) is 0 Å². The van der Waals surface area contributed by atoms with E-state index < -0.39 is 0 Å². The number of piperidine rings is 1. The molecule has 0 bridgehead atoms. The lowest BCUT2D eigenvalue weighted by Gasteiger charge is -2.40. The van der Waals surface area contributed by atoms with Crippen molar-refractivity contribution in [3.8, 4) is 0 Å². The molecule has 2 unspecified atom stereocenters. The smallest absolute Gasteiger partial charge is 0.224 e. The summed E-state index contributed by atoms with van der Waals surface area (Å²) in [4.78, 5) is 16.2. The molecule has 4 nitrogen and oxygen atoms in total. The van der Waals surface area contributed by atoms with Crippen LogP contribution in [0.5, 0.6) is 0 Å². The number of likely N-dealkylation sites (tertiary alicyclic amines) is 1.